The van der Waals surface area contributed by atoms with E-state index in [1.807, 2.05) is 33.7 Å². The van der Waals surface area contributed by atoms with Crippen molar-refractivity contribution in [3.05, 3.63) is 53.4 Å². The van der Waals surface area contributed by atoms with E-state index >= 15 is 0 Å². The highest BCUT2D eigenvalue weighted by molar-refractivity contribution is 6.30. The zero-order chi connectivity index (χ0) is 17.2. The minimum absolute atomic E-state index is 0.0309. The minimum Gasteiger partial charge on any atom is -0.339 e. The molecule has 1 aliphatic heterocycles. The Morgan fingerprint density at radius 2 is 1.96 bits per heavy atom. The molecule has 0 spiro atoms. The van der Waals surface area contributed by atoms with Crippen LogP contribution >= 0.6 is 11.6 Å². The van der Waals surface area contributed by atoms with Crippen LogP contribution in [0, 0.1) is 0 Å². The summed E-state index contributed by atoms with van der Waals surface area (Å²) in [6.45, 7) is 2.81. The van der Waals surface area contributed by atoms with Crippen molar-refractivity contribution >= 4 is 29.1 Å². The molecule has 4 heterocycles. The Bertz CT molecular complexity index is 897. The Kier molecular flexibility index (Phi) is 4.23. The summed E-state index contributed by atoms with van der Waals surface area (Å²) < 4.78 is 1.89. The first-order valence-corrected chi connectivity index (χ1v) is 8.56. The van der Waals surface area contributed by atoms with Gasteiger partial charge in [0, 0.05) is 38.6 Å². The zero-order valence-electron chi connectivity index (χ0n) is 13.5. The van der Waals surface area contributed by atoms with E-state index in [4.69, 9.17) is 11.6 Å². The van der Waals surface area contributed by atoms with Gasteiger partial charge in [0.15, 0.2) is 5.65 Å². The van der Waals surface area contributed by atoms with Crippen LogP contribution in [0.1, 0.15) is 16.9 Å². The van der Waals surface area contributed by atoms with Gasteiger partial charge in [0.2, 0.25) is 5.95 Å². The summed E-state index contributed by atoms with van der Waals surface area (Å²) in [5.41, 5.74) is 1.24. The quantitative estimate of drug-likeness (QED) is 0.703. The average Bonchev–Trinajstić information content (AvgIpc) is 2.90. The van der Waals surface area contributed by atoms with Gasteiger partial charge in [-0.15, -0.1) is 10.2 Å². The second kappa shape index (κ2) is 6.68. The van der Waals surface area contributed by atoms with E-state index < -0.39 is 0 Å². The standard InChI is InChI=1S/C17H17ClN6O/c18-13-5-6-15-20-21-17(24(15)12-13)23-9-3-8-22(10-11-23)16(25)14-4-1-2-7-19-14/h1-2,4-7,12H,3,8-11H2. The lowest BCUT2D eigenvalue weighted by atomic mass is 10.3. The summed E-state index contributed by atoms with van der Waals surface area (Å²) in [6.07, 6.45) is 4.31. The summed E-state index contributed by atoms with van der Waals surface area (Å²) in [5, 5.41) is 9.12. The molecule has 0 radical (unpaired) electrons. The Labute approximate surface area is 149 Å². The molecule has 3 aromatic heterocycles. The number of halogens is 1. The molecule has 0 N–H and O–H groups in total. The van der Waals surface area contributed by atoms with Crippen LogP contribution in [0.2, 0.25) is 5.02 Å². The van der Waals surface area contributed by atoms with E-state index in [1.165, 1.54) is 0 Å². The third-order valence-corrected chi connectivity index (χ3v) is 4.52. The number of pyridine rings is 2. The average molecular weight is 357 g/mol. The molecule has 0 atom stereocenters. The number of rotatable bonds is 2. The summed E-state index contributed by atoms with van der Waals surface area (Å²) in [4.78, 5) is 20.7. The summed E-state index contributed by atoms with van der Waals surface area (Å²) >= 11 is 6.10. The molecule has 0 saturated carbocycles. The van der Waals surface area contributed by atoms with Crippen molar-refractivity contribution in [3.8, 4) is 0 Å². The number of aromatic nitrogens is 4. The molecule has 0 aromatic carbocycles. The highest BCUT2D eigenvalue weighted by atomic mass is 35.5. The number of nitrogens with zero attached hydrogens (tertiary/aromatic N) is 6. The van der Waals surface area contributed by atoms with Crippen LogP contribution in [0.3, 0.4) is 0 Å². The number of amides is 1. The van der Waals surface area contributed by atoms with Crippen LogP contribution < -0.4 is 4.90 Å². The Morgan fingerprint density at radius 1 is 1.04 bits per heavy atom. The number of hydrogen-bond acceptors (Lipinski definition) is 5. The molecule has 25 heavy (non-hydrogen) atoms. The number of carbonyl (C=O) groups is 1. The SMILES string of the molecule is O=C(c1ccccn1)N1CCCN(c2nnc3ccc(Cl)cn23)CC1. The van der Waals surface area contributed by atoms with Crippen molar-refractivity contribution in [2.24, 2.45) is 0 Å². The smallest absolute Gasteiger partial charge is 0.272 e. The fraction of sp³-hybridized carbons (Fsp3) is 0.294. The van der Waals surface area contributed by atoms with E-state index in [-0.39, 0.29) is 5.91 Å². The molecule has 8 heteroatoms. The predicted octanol–water partition coefficient (Wildman–Crippen LogP) is 2.13. The van der Waals surface area contributed by atoms with Gasteiger partial charge < -0.3 is 9.80 Å². The fourth-order valence-electron chi connectivity index (χ4n) is 3.04. The van der Waals surface area contributed by atoms with E-state index in [1.54, 1.807) is 18.3 Å². The topological polar surface area (TPSA) is 66.6 Å². The first-order valence-electron chi connectivity index (χ1n) is 8.18. The number of hydrogen-bond donors (Lipinski definition) is 0. The lowest BCUT2D eigenvalue weighted by Gasteiger charge is -2.21. The number of fused-ring (bicyclic) bond motifs is 1. The third kappa shape index (κ3) is 3.15. The van der Waals surface area contributed by atoms with Gasteiger partial charge in [-0.3, -0.25) is 14.2 Å². The van der Waals surface area contributed by atoms with Gasteiger partial charge in [-0.05, 0) is 30.7 Å². The van der Waals surface area contributed by atoms with Crippen molar-refractivity contribution in [1.29, 1.82) is 0 Å². The van der Waals surface area contributed by atoms with Gasteiger partial charge in [-0.1, -0.05) is 17.7 Å². The summed E-state index contributed by atoms with van der Waals surface area (Å²) in [6, 6.07) is 9.02. The first kappa shape index (κ1) is 15.8. The second-order valence-corrected chi connectivity index (χ2v) is 6.36. The van der Waals surface area contributed by atoms with Gasteiger partial charge in [-0.2, -0.15) is 0 Å². The molecule has 0 aliphatic carbocycles. The fourth-order valence-corrected chi connectivity index (χ4v) is 3.20. The lowest BCUT2D eigenvalue weighted by Crippen LogP contribution is -2.36. The van der Waals surface area contributed by atoms with E-state index in [0.717, 1.165) is 24.6 Å². The Morgan fingerprint density at radius 3 is 2.80 bits per heavy atom. The third-order valence-electron chi connectivity index (χ3n) is 4.30. The van der Waals surface area contributed by atoms with Crippen molar-refractivity contribution in [2.45, 2.75) is 6.42 Å². The predicted molar refractivity (Wildman–Crippen MR) is 95.0 cm³/mol. The van der Waals surface area contributed by atoms with Crippen molar-refractivity contribution in [3.63, 3.8) is 0 Å². The van der Waals surface area contributed by atoms with Gasteiger partial charge in [0.25, 0.3) is 5.91 Å². The van der Waals surface area contributed by atoms with E-state index in [9.17, 15) is 4.79 Å². The van der Waals surface area contributed by atoms with Crippen molar-refractivity contribution in [1.82, 2.24) is 24.5 Å². The summed E-state index contributed by atoms with van der Waals surface area (Å²) in [7, 11) is 0. The molecule has 1 amide bonds. The van der Waals surface area contributed by atoms with E-state index in [2.05, 4.69) is 20.1 Å². The van der Waals surface area contributed by atoms with Crippen LogP contribution in [0.15, 0.2) is 42.7 Å². The highest BCUT2D eigenvalue weighted by Crippen LogP contribution is 2.19. The number of carbonyl (C=O) groups excluding carboxylic acids is 1. The van der Waals surface area contributed by atoms with Crippen LogP contribution in [-0.2, 0) is 0 Å². The monoisotopic (exact) mass is 356 g/mol. The van der Waals surface area contributed by atoms with Crippen molar-refractivity contribution < 1.29 is 4.79 Å². The first-order chi connectivity index (χ1) is 12.2. The van der Waals surface area contributed by atoms with Gasteiger partial charge >= 0.3 is 0 Å². The van der Waals surface area contributed by atoms with Gasteiger partial charge in [-0.25, -0.2) is 0 Å². The lowest BCUT2D eigenvalue weighted by molar-refractivity contribution is 0.0761. The molecule has 1 saturated heterocycles. The van der Waals surface area contributed by atoms with Gasteiger partial charge in [0.05, 0.1) is 5.02 Å². The molecule has 4 rings (SSSR count). The molecular formula is C17H17ClN6O. The molecule has 0 unspecified atom stereocenters. The minimum atomic E-state index is -0.0309. The van der Waals surface area contributed by atoms with Crippen molar-refractivity contribution in [2.75, 3.05) is 31.1 Å². The van der Waals surface area contributed by atoms with Gasteiger partial charge in [0.1, 0.15) is 5.69 Å². The van der Waals surface area contributed by atoms with Crippen LogP contribution in [0.5, 0.6) is 0 Å². The molecule has 1 fully saturated rings. The molecule has 7 nitrogen and oxygen atoms in total. The number of anilines is 1. The van der Waals surface area contributed by atoms with Crippen LogP contribution in [-0.4, -0.2) is 56.6 Å². The zero-order valence-corrected chi connectivity index (χ0v) is 14.3. The normalized spacial score (nSPS) is 15.4. The highest BCUT2D eigenvalue weighted by Gasteiger charge is 2.23. The Hall–Kier alpha value is -2.67. The molecule has 3 aromatic rings. The molecule has 0 bridgehead atoms. The maximum Gasteiger partial charge on any atom is 0.272 e. The van der Waals surface area contributed by atoms with E-state index in [0.29, 0.717) is 30.4 Å². The maximum absolute atomic E-state index is 12.6. The summed E-state index contributed by atoms with van der Waals surface area (Å²) in [5.74, 6) is 0.723. The Balaban J connectivity index is 1.53. The molecule has 1 aliphatic rings. The van der Waals surface area contributed by atoms with Crippen LogP contribution in [0.25, 0.3) is 5.65 Å². The maximum atomic E-state index is 12.6. The second-order valence-electron chi connectivity index (χ2n) is 5.92. The van der Waals surface area contributed by atoms with Crippen LogP contribution in [0.4, 0.5) is 5.95 Å². The molecule has 128 valence electrons. The largest absolute Gasteiger partial charge is 0.339 e. The molecular weight excluding hydrogens is 340 g/mol.